The average molecular weight is 339 g/mol. The third-order valence-electron chi connectivity index (χ3n) is 3.74. The molecular weight excluding hydrogens is 321 g/mol. The van der Waals surface area contributed by atoms with E-state index in [1.54, 1.807) is 19.2 Å². The summed E-state index contributed by atoms with van der Waals surface area (Å²) in [5.41, 5.74) is 4.97. The summed E-state index contributed by atoms with van der Waals surface area (Å²) in [5.74, 6) is -0.250. The molecule has 0 amide bonds. The number of halogens is 1. The molecule has 3 nitrogen and oxygen atoms in total. The van der Waals surface area contributed by atoms with Crippen LogP contribution in [0.15, 0.2) is 64.0 Å². The zero-order valence-corrected chi connectivity index (χ0v) is 14.6. The second kappa shape index (κ2) is 6.93. The van der Waals surface area contributed by atoms with Crippen molar-refractivity contribution in [1.29, 1.82) is 0 Å². The van der Waals surface area contributed by atoms with Crippen molar-refractivity contribution in [2.45, 2.75) is 13.8 Å². The maximum Gasteiger partial charge on any atom is 0.205 e. The largest absolute Gasteiger partial charge is 0.261 e. The number of aryl methyl sites for hydroxylation is 1. The van der Waals surface area contributed by atoms with Crippen LogP contribution in [0.1, 0.15) is 18.1 Å². The monoisotopic (exact) mass is 339 g/mol. The normalized spacial score (nSPS) is 12.7. The van der Waals surface area contributed by atoms with Crippen LogP contribution in [0.3, 0.4) is 0 Å². The minimum Gasteiger partial charge on any atom is -0.261 e. The smallest absolute Gasteiger partial charge is 0.205 e. The Morgan fingerprint density at radius 1 is 1.04 bits per heavy atom. The van der Waals surface area contributed by atoms with Crippen LogP contribution < -0.4 is 4.80 Å². The zero-order chi connectivity index (χ0) is 17.1. The summed E-state index contributed by atoms with van der Waals surface area (Å²) >= 11 is 1.51. The quantitative estimate of drug-likeness (QED) is 0.630. The van der Waals surface area contributed by atoms with Gasteiger partial charge in [0, 0.05) is 18.0 Å². The highest BCUT2D eigenvalue weighted by molar-refractivity contribution is 7.07. The van der Waals surface area contributed by atoms with Crippen molar-refractivity contribution in [2.75, 3.05) is 7.05 Å². The van der Waals surface area contributed by atoms with Crippen LogP contribution in [-0.2, 0) is 0 Å². The molecule has 0 radical (unpaired) electrons. The van der Waals surface area contributed by atoms with Gasteiger partial charge in [0.05, 0.1) is 11.4 Å². The Balaban J connectivity index is 2.10. The van der Waals surface area contributed by atoms with Crippen molar-refractivity contribution in [1.82, 2.24) is 4.68 Å². The molecular formula is C19H18FN3S. The van der Waals surface area contributed by atoms with Crippen LogP contribution >= 0.6 is 11.3 Å². The first-order valence-corrected chi connectivity index (χ1v) is 8.48. The molecule has 0 aliphatic rings. The lowest BCUT2D eigenvalue weighted by Gasteiger charge is -2.06. The third kappa shape index (κ3) is 3.36. The van der Waals surface area contributed by atoms with E-state index in [1.807, 2.05) is 17.0 Å². The Morgan fingerprint density at radius 3 is 2.33 bits per heavy atom. The van der Waals surface area contributed by atoms with E-state index in [1.165, 1.54) is 29.0 Å². The first-order valence-electron chi connectivity index (χ1n) is 7.60. The number of rotatable bonds is 3. The van der Waals surface area contributed by atoms with Crippen molar-refractivity contribution >= 4 is 17.0 Å². The molecule has 0 fully saturated rings. The maximum atomic E-state index is 13.2. The van der Waals surface area contributed by atoms with Crippen LogP contribution in [0, 0.1) is 12.7 Å². The molecule has 24 heavy (non-hydrogen) atoms. The molecule has 0 aliphatic heterocycles. The summed E-state index contributed by atoms with van der Waals surface area (Å²) in [7, 11) is 1.74. The number of benzene rings is 2. The fourth-order valence-electron chi connectivity index (χ4n) is 2.37. The number of hydrogen-bond acceptors (Lipinski definition) is 3. The molecule has 5 heteroatoms. The maximum absolute atomic E-state index is 13.2. The van der Waals surface area contributed by atoms with Gasteiger partial charge in [0.2, 0.25) is 4.80 Å². The Kier molecular flexibility index (Phi) is 4.71. The highest BCUT2D eigenvalue weighted by Gasteiger charge is 2.08. The van der Waals surface area contributed by atoms with E-state index < -0.39 is 0 Å². The van der Waals surface area contributed by atoms with Gasteiger partial charge in [0.25, 0.3) is 0 Å². The van der Waals surface area contributed by atoms with E-state index in [2.05, 4.69) is 36.2 Å². The highest BCUT2D eigenvalue weighted by atomic mass is 32.1. The number of thiazole rings is 1. The van der Waals surface area contributed by atoms with Gasteiger partial charge in [-0.3, -0.25) is 4.99 Å². The van der Waals surface area contributed by atoms with Crippen molar-refractivity contribution in [3.63, 3.8) is 0 Å². The fourth-order valence-corrected chi connectivity index (χ4v) is 3.17. The summed E-state index contributed by atoms with van der Waals surface area (Å²) < 4.78 is 15.0. The molecule has 3 rings (SSSR count). The molecule has 0 N–H and O–H groups in total. The molecule has 122 valence electrons. The predicted octanol–water partition coefficient (Wildman–Crippen LogP) is 4.47. The SMILES string of the molecule is CN=c1scc(-c2ccc(F)cc2)n1N=C(C)c1ccc(C)cc1. The van der Waals surface area contributed by atoms with Crippen LogP contribution in [0.5, 0.6) is 0 Å². The van der Waals surface area contributed by atoms with Gasteiger partial charge in [0.15, 0.2) is 0 Å². The Hall–Kier alpha value is -2.53. The third-order valence-corrected chi connectivity index (χ3v) is 4.64. The Morgan fingerprint density at radius 2 is 1.71 bits per heavy atom. The number of nitrogens with zero attached hydrogens (tertiary/aromatic N) is 3. The first kappa shape index (κ1) is 16.3. The molecule has 0 saturated heterocycles. The van der Waals surface area contributed by atoms with Crippen LogP contribution in [-0.4, -0.2) is 17.4 Å². The molecule has 0 spiro atoms. The lowest BCUT2D eigenvalue weighted by molar-refractivity contribution is 0.628. The molecule has 0 bridgehead atoms. The molecule has 1 heterocycles. The van der Waals surface area contributed by atoms with E-state index in [9.17, 15) is 4.39 Å². The van der Waals surface area contributed by atoms with Crippen molar-refractivity contribution in [3.05, 3.63) is 75.7 Å². The van der Waals surface area contributed by atoms with Crippen molar-refractivity contribution in [2.24, 2.45) is 10.1 Å². The zero-order valence-electron chi connectivity index (χ0n) is 13.8. The van der Waals surface area contributed by atoms with Crippen LogP contribution in [0.25, 0.3) is 11.3 Å². The molecule has 0 saturated carbocycles. The average Bonchev–Trinajstić information content (AvgIpc) is 2.98. The molecule has 0 unspecified atom stereocenters. The minimum absolute atomic E-state index is 0.250. The Labute approximate surface area is 144 Å². The minimum atomic E-state index is -0.250. The first-order chi connectivity index (χ1) is 11.6. The Bertz CT molecular complexity index is 932. The molecule has 1 aromatic heterocycles. The summed E-state index contributed by atoms with van der Waals surface area (Å²) in [6, 6.07) is 14.7. The topological polar surface area (TPSA) is 29.6 Å². The molecule has 0 aliphatic carbocycles. The molecule has 0 atom stereocenters. The van der Waals surface area contributed by atoms with Crippen LogP contribution in [0.4, 0.5) is 4.39 Å². The highest BCUT2D eigenvalue weighted by Crippen LogP contribution is 2.21. The second-order valence-corrected chi connectivity index (χ2v) is 6.33. The lowest BCUT2D eigenvalue weighted by atomic mass is 10.1. The van der Waals surface area contributed by atoms with Gasteiger partial charge in [0.1, 0.15) is 5.82 Å². The van der Waals surface area contributed by atoms with Crippen molar-refractivity contribution < 1.29 is 4.39 Å². The van der Waals surface area contributed by atoms with E-state index in [-0.39, 0.29) is 5.82 Å². The van der Waals surface area contributed by atoms with Crippen LogP contribution in [0.2, 0.25) is 0 Å². The van der Waals surface area contributed by atoms with E-state index in [0.29, 0.717) is 0 Å². The van der Waals surface area contributed by atoms with Crippen molar-refractivity contribution in [3.8, 4) is 11.3 Å². The van der Waals surface area contributed by atoms with Gasteiger partial charge in [-0.1, -0.05) is 29.8 Å². The fraction of sp³-hybridized carbons (Fsp3) is 0.158. The molecule has 3 aromatic rings. The van der Waals surface area contributed by atoms with Gasteiger partial charge >= 0.3 is 0 Å². The van der Waals surface area contributed by atoms with Gasteiger partial charge < -0.3 is 0 Å². The summed E-state index contributed by atoms with van der Waals surface area (Å²) in [5, 5.41) is 6.73. The number of hydrogen-bond donors (Lipinski definition) is 0. The molecule has 2 aromatic carbocycles. The van der Waals surface area contributed by atoms with Gasteiger partial charge in [-0.05, 0) is 43.7 Å². The summed E-state index contributed by atoms with van der Waals surface area (Å²) in [6.07, 6.45) is 0. The van der Waals surface area contributed by atoms with Gasteiger partial charge in [-0.2, -0.15) is 5.10 Å². The lowest BCUT2D eigenvalue weighted by Crippen LogP contribution is -2.13. The van der Waals surface area contributed by atoms with E-state index in [4.69, 9.17) is 5.10 Å². The standard InChI is InChI=1S/C19H18FN3S/c1-13-4-6-15(7-5-13)14(2)22-23-18(12-24-19(23)21-3)16-8-10-17(20)11-9-16/h4-12H,1-3H3. The summed E-state index contributed by atoms with van der Waals surface area (Å²) in [4.78, 5) is 5.09. The summed E-state index contributed by atoms with van der Waals surface area (Å²) in [6.45, 7) is 4.04. The van der Waals surface area contributed by atoms with E-state index in [0.717, 1.165) is 27.3 Å². The van der Waals surface area contributed by atoms with Gasteiger partial charge in [-0.15, -0.1) is 11.3 Å². The van der Waals surface area contributed by atoms with Gasteiger partial charge in [-0.25, -0.2) is 9.07 Å². The predicted molar refractivity (Wildman–Crippen MR) is 98.0 cm³/mol. The second-order valence-electron chi connectivity index (χ2n) is 5.50. The number of aromatic nitrogens is 1. The van der Waals surface area contributed by atoms with E-state index >= 15 is 0 Å².